The molecule has 1 aliphatic rings. The Morgan fingerprint density at radius 2 is 2.00 bits per heavy atom. The monoisotopic (exact) mass is 311 g/mol. The smallest absolute Gasteiger partial charge is 0.227 e. The second-order valence-corrected chi connectivity index (χ2v) is 5.40. The van der Waals surface area contributed by atoms with E-state index in [1.54, 1.807) is 18.2 Å². The molecule has 0 radical (unpaired) electrons. The van der Waals surface area contributed by atoms with Crippen molar-refractivity contribution in [3.05, 3.63) is 36.0 Å². The summed E-state index contributed by atoms with van der Waals surface area (Å²) in [6, 6.07) is 6.64. The Morgan fingerprint density at radius 1 is 1.24 bits per heavy atom. The standard InChI is InChI=1S/C15H18FN3O.ClH/c16-12-7-3-2-6-11(12)15-18-14(20-19-15)9-10-5-1-4-8-13(10)17;/h2-3,6-7,10,13H,1,4-5,8-9,17H2;1H. The Labute approximate surface area is 129 Å². The van der Waals surface area contributed by atoms with Gasteiger partial charge in [-0.2, -0.15) is 4.98 Å². The third-order valence-corrected chi connectivity index (χ3v) is 3.99. The summed E-state index contributed by atoms with van der Waals surface area (Å²) < 4.78 is 18.9. The van der Waals surface area contributed by atoms with Gasteiger partial charge in [0.1, 0.15) is 5.82 Å². The molecular formula is C15H19ClFN3O. The average molecular weight is 312 g/mol. The highest BCUT2D eigenvalue weighted by atomic mass is 35.5. The van der Waals surface area contributed by atoms with Crippen molar-refractivity contribution < 1.29 is 8.91 Å². The van der Waals surface area contributed by atoms with Gasteiger partial charge >= 0.3 is 0 Å². The normalized spacial score (nSPS) is 21.8. The Bertz CT molecular complexity index is 590. The zero-order valence-corrected chi connectivity index (χ0v) is 12.5. The van der Waals surface area contributed by atoms with Crippen LogP contribution in [0.4, 0.5) is 4.39 Å². The van der Waals surface area contributed by atoms with E-state index < -0.39 is 0 Å². The number of hydrogen-bond donors (Lipinski definition) is 1. The summed E-state index contributed by atoms with van der Waals surface area (Å²) >= 11 is 0. The molecule has 1 heterocycles. The zero-order chi connectivity index (χ0) is 13.9. The second kappa shape index (κ2) is 7.00. The quantitative estimate of drug-likeness (QED) is 0.944. The first-order chi connectivity index (χ1) is 9.74. The Hall–Kier alpha value is -1.46. The van der Waals surface area contributed by atoms with Crippen molar-refractivity contribution in [1.82, 2.24) is 10.1 Å². The molecule has 1 aromatic heterocycles. The molecule has 1 aromatic carbocycles. The van der Waals surface area contributed by atoms with Gasteiger partial charge < -0.3 is 10.3 Å². The average Bonchev–Trinajstić information content (AvgIpc) is 2.90. The fourth-order valence-corrected chi connectivity index (χ4v) is 2.80. The topological polar surface area (TPSA) is 64.9 Å². The van der Waals surface area contributed by atoms with Gasteiger partial charge in [-0.1, -0.05) is 30.1 Å². The SMILES string of the molecule is Cl.NC1CCCCC1Cc1nc(-c2ccccc2F)no1. The van der Waals surface area contributed by atoms with Crippen LogP contribution in [0.25, 0.3) is 11.4 Å². The highest BCUT2D eigenvalue weighted by Crippen LogP contribution is 2.27. The summed E-state index contributed by atoms with van der Waals surface area (Å²) in [6.45, 7) is 0. The van der Waals surface area contributed by atoms with E-state index in [2.05, 4.69) is 10.1 Å². The molecule has 21 heavy (non-hydrogen) atoms. The molecule has 2 aromatic rings. The van der Waals surface area contributed by atoms with Crippen LogP contribution in [0.1, 0.15) is 31.6 Å². The summed E-state index contributed by atoms with van der Waals surface area (Å²) in [5.74, 6) is 0.903. The highest BCUT2D eigenvalue weighted by molar-refractivity contribution is 5.85. The van der Waals surface area contributed by atoms with Crippen molar-refractivity contribution >= 4 is 12.4 Å². The van der Waals surface area contributed by atoms with E-state index >= 15 is 0 Å². The molecule has 6 heteroatoms. The van der Waals surface area contributed by atoms with Crippen LogP contribution in [-0.4, -0.2) is 16.2 Å². The van der Waals surface area contributed by atoms with Crippen LogP contribution in [-0.2, 0) is 6.42 Å². The van der Waals surface area contributed by atoms with Gasteiger partial charge in [-0.05, 0) is 30.9 Å². The first-order valence-electron chi connectivity index (χ1n) is 7.07. The van der Waals surface area contributed by atoms with E-state index in [0.29, 0.717) is 29.6 Å². The van der Waals surface area contributed by atoms with Gasteiger partial charge in [0.2, 0.25) is 11.7 Å². The van der Waals surface area contributed by atoms with Crippen LogP contribution >= 0.6 is 12.4 Å². The Kier molecular flexibility index (Phi) is 5.31. The van der Waals surface area contributed by atoms with Crippen LogP contribution in [0, 0.1) is 11.7 Å². The van der Waals surface area contributed by atoms with Crippen LogP contribution in [0.3, 0.4) is 0 Å². The molecule has 1 aliphatic carbocycles. The number of halogens is 2. The lowest BCUT2D eigenvalue weighted by Crippen LogP contribution is -2.34. The lowest BCUT2D eigenvalue weighted by atomic mass is 9.83. The zero-order valence-electron chi connectivity index (χ0n) is 11.7. The summed E-state index contributed by atoms with van der Waals surface area (Å²) in [6.07, 6.45) is 5.23. The predicted octanol–water partition coefficient (Wildman–Crippen LogP) is 3.36. The number of nitrogens with two attached hydrogens (primary N) is 1. The molecule has 2 atom stereocenters. The van der Waals surface area contributed by atoms with Crippen molar-refractivity contribution in [3.8, 4) is 11.4 Å². The van der Waals surface area contributed by atoms with Gasteiger partial charge in [-0.15, -0.1) is 12.4 Å². The van der Waals surface area contributed by atoms with E-state index in [0.717, 1.165) is 12.8 Å². The van der Waals surface area contributed by atoms with E-state index in [1.807, 2.05) is 0 Å². The van der Waals surface area contributed by atoms with Crippen molar-refractivity contribution in [2.75, 3.05) is 0 Å². The van der Waals surface area contributed by atoms with E-state index in [1.165, 1.54) is 18.9 Å². The van der Waals surface area contributed by atoms with E-state index in [-0.39, 0.29) is 24.3 Å². The summed E-state index contributed by atoms with van der Waals surface area (Å²) in [4.78, 5) is 4.30. The van der Waals surface area contributed by atoms with E-state index in [4.69, 9.17) is 10.3 Å². The third kappa shape index (κ3) is 3.60. The Balaban J connectivity index is 0.00000161. The minimum Gasteiger partial charge on any atom is -0.339 e. The van der Waals surface area contributed by atoms with Gasteiger partial charge in [0.15, 0.2) is 0 Å². The molecule has 0 aliphatic heterocycles. The van der Waals surface area contributed by atoms with E-state index in [9.17, 15) is 4.39 Å². The van der Waals surface area contributed by atoms with Crippen LogP contribution < -0.4 is 5.73 Å². The molecule has 0 spiro atoms. The van der Waals surface area contributed by atoms with Crippen molar-refractivity contribution in [2.24, 2.45) is 11.7 Å². The summed E-state index contributed by atoms with van der Waals surface area (Å²) in [5.41, 5.74) is 6.49. The number of nitrogens with zero attached hydrogens (tertiary/aromatic N) is 2. The Morgan fingerprint density at radius 3 is 2.76 bits per heavy atom. The largest absolute Gasteiger partial charge is 0.339 e. The number of benzene rings is 1. The van der Waals surface area contributed by atoms with Gasteiger partial charge in [-0.3, -0.25) is 0 Å². The molecule has 0 saturated heterocycles. The van der Waals surface area contributed by atoms with Gasteiger partial charge in [0.25, 0.3) is 0 Å². The maximum Gasteiger partial charge on any atom is 0.227 e. The highest BCUT2D eigenvalue weighted by Gasteiger charge is 2.24. The maximum absolute atomic E-state index is 13.7. The van der Waals surface area contributed by atoms with Crippen LogP contribution in [0.5, 0.6) is 0 Å². The lowest BCUT2D eigenvalue weighted by molar-refractivity contribution is 0.273. The number of aromatic nitrogens is 2. The molecule has 2 unspecified atom stereocenters. The minimum atomic E-state index is -0.339. The molecule has 1 saturated carbocycles. The van der Waals surface area contributed by atoms with Crippen molar-refractivity contribution in [2.45, 2.75) is 38.1 Å². The number of hydrogen-bond acceptors (Lipinski definition) is 4. The van der Waals surface area contributed by atoms with Gasteiger partial charge in [0.05, 0.1) is 5.56 Å². The summed E-state index contributed by atoms with van der Waals surface area (Å²) in [7, 11) is 0. The fourth-order valence-electron chi connectivity index (χ4n) is 2.80. The first-order valence-corrected chi connectivity index (χ1v) is 7.07. The molecule has 114 valence electrons. The molecule has 2 N–H and O–H groups in total. The van der Waals surface area contributed by atoms with Crippen LogP contribution in [0.2, 0.25) is 0 Å². The maximum atomic E-state index is 13.7. The molecule has 3 rings (SSSR count). The third-order valence-electron chi connectivity index (χ3n) is 3.99. The molecule has 1 fully saturated rings. The predicted molar refractivity (Wildman–Crippen MR) is 80.6 cm³/mol. The molecule has 4 nitrogen and oxygen atoms in total. The molecule has 0 bridgehead atoms. The minimum absolute atomic E-state index is 0. The molecular weight excluding hydrogens is 293 g/mol. The van der Waals surface area contributed by atoms with Crippen molar-refractivity contribution in [3.63, 3.8) is 0 Å². The van der Waals surface area contributed by atoms with Gasteiger partial charge in [-0.25, -0.2) is 4.39 Å². The fraction of sp³-hybridized carbons (Fsp3) is 0.467. The van der Waals surface area contributed by atoms with Gasteiger partial charge in [0, 0.05) is 12.5 Å². The lowest BCUT2D eigenvalue weighted by Gasteiger charge is -2.27. The number of rotatable bonds is 3. The summed E-state index contributed by atoms with van der Waals surface area (Å²) in [5, 5.41) is 3.87. The molecule has 0 amide bonds. The van der Waals surface area contributed by atoms with Crippen LogP contribution in [0.15, 0.2) is 28.8 Å². The second-order valence-electron chi connectivity index (χ2n) is 5.40. The van der Waals surface area contributed by atoms with Crippen molar-refractivity contribution in [1.29, 1.82) is 0 Å². The first kappa shape index (κ1) is 15.9.